The predicted molar refractivity (Wildman–Crippen MR) is 90.1 cm³/mol. The Bertz CT molecular complexity index is 751. The molecule has 0 spiro atoms. The molecule has 0 bridgehead atoms. The summed E-state index contributed by atoms with van der Waals surface area (Å²) in [6, 6.07) is 5.39. The Morgan fingerprint density at radius 2 is 2.04 bits per heavy atom. The average Bonchev–Trinajstić information content (AvgIpc) is 2.99. The van der Waals surface area contributed by atoms with Crippen LogP contribution in [0.3, 0.4) is 0 Å². The number of hydrogen-bond acceptors (Lipinski definition) is 5. The molecule has 1 saturated heterocycles. The topological polar surface area (TPSA) is 66.7 Å². The Morgan fingerprint density at radius 3 is 2.75 bits per heavy atom. The number of nitrogens with zero attached hydrogens (tertiary/aromatic N) is 3. The third-order valence-electron chi connectivity index (χ3n) is 4.03. The molecule has 0 unspecified atom stereocenters. The molecule has 3 rings (SSSR count). The molecule has 2 heterocycles. The number of nitro groups is 1. The van der Waals surface area contributed by atoms with Crippen LogP contribution in [0.4, 0.5) is 15.8 Å². The van der Waals surface area contributed by atoms with E-state index in [1.54, 1.807) is 11.0 Å². The van der Waals surface area contributed by atoms with E-state index in [2.05, 4.69) is 0 Å². The van der Waals surface area contributed by atoms with Crippen LogP contribution < -0.4 is 4.90 Å². The van der Waals surface area contributed by atoms with E-state index < -0.39 is 10.7 Å². The predicted octanol–water partition coefficient (Wildman–Crippen LogP) is 3.15. The fraction of sp³-hybridized carbons (Fsp3) is 0.312. The molecule has 1 aliphatic rings. The van der Waals surface area contributed by atoms with Gasteiger partial charge in [0.2, 0.25) is 0 Å². The van der Waals surface area contributed by atoms with Gasteiger partial charge in [-0.15, -0.1) is 0 Å². The van der Waals surface area contributed by atoms with Gasteiger partial charge in [-0.05, 0) is 30.0 Å². The first-order valence-electron chi connectivity index (χ1n) is 7.56. The van der Waals surface area contributed by atoms with Crippen molar-refractivity contribution in [3.05, 3.63) is 56.5 Å². The van der Waals surface area contributed by atoms with Crippen LogP contribution >= 0.6 is 11.3 Å². The fourth-order valence-corrected chi connectivity index (χ4v) is 3.47. The highest BCUT2D eigenvalue weighted by molar-refractivity contribution is 7.08. The zero-order valence-corrected chi connectivity index (χ0v) is 13.7. The molecule has 1 amide bonds. The maximum absolute atomic E-state index is 13.3. The van der Waals surface area contributed by atoms with Crippen molar-refractivity contribution in [3.63, 3.8) is 0 Å². The average molecular weight is 349 g/mol. The molecule has 1 fully saturated rings. The van der Waals surface area contributed by atoms with E-state index in [4.69, 9.17) is 0 Å². The highest BCUT2D eigenvalue weighted by Gasteiger charge is 2.25. The number of hydrogen-bond donors (Lipinski definition) is 0. The lowest BCUT2D eigenvalue weighted by molar-refractivity contribution is -0.384. The molecule has 126 valence electrons. The lowest BCUT2D eigenvalue weighted by Crippen LogP contribution is -2.35. The summed E-state index contributed by atoms with van der Waals surface area (Å²) in [7, 11) is 0. The summed E-state index contributed by atoms with van der Waals surface area (Å²) in [6.07, 6.45) is 0.699. The smallest absolute Gasteiger partial charge is 0.295 e. The number of anilines is 1. The van der Waals surface area contributed by atoms with Crippen molar-refractivity contribution >= 4 is 28.6 Å². The maximum Gasteiger partial charge on any atom is 0.295 e. The molecule has 0 N–H and O–H groups in total. The van der Waals surface area contributed by atoms with Crippen LogP contribution in [0.2, 0.25) is 0 Å². The van der Waals surface area contributed by atoms with Gasteiger partial charge in [-0.3, -0.25) is 14.9 Å². The zero-order chi connectivity index (χ0) is 17.1. The van der Waals surface area contributed by atoms with E-state index in [-0.39, 0.29) is 11.6 Å². The van der Waals surface area contributed by atoms with Gasteiger partial charge in [0, 0.05) is 31.6 Å². The molecular weight excluding hydrogens is 333 g/mol. The van der Waals surface area contributed by atoms with Gasteiger partial charge in [0.05, 0.1) is 16.6 Å². The normalized spacial score (nSPS) is 15.2. The van der Waals surface area contributed by atoms with Crippen LogP contribution in [0.25, 0.3) is 0 Å². The molecule has 0 saturated carbocycles. The largest absolute Gasteiger partial charge is 0.364 e. The minimum absolute atomic E-state index is 0.0216. The number of rotatable bonds is 3. The Balaban J connectivity index is 1.77. The van der Waals surface area contributed by atoms with Gasteiger partial charge in [0.15, 0.2) is 0 Å². The van der Waals surface area contributed by atoms with Gasteiger partial charge >= 0.3 is 0 Å². The van der Waals surface area contributed by atoms with Crippen LogP contribution in [-0.4, -0.2) is 41.9 Å². The first-order chi connectivity index (χ1) is 11.6. The molecule has 6 nitrogen and oxygen atoms in total. The van der Waals surface area contributed by atoms with E-state index >= 15 is 0 Å². The standard InChI is InChI=1S/C16H16FN3O3S/c17-13-2-3-14(15(10-13)20(22)23)18-5-1-6-19(8-7-18)16(21)12-4-9-24-11-12/h2-4,9-11H,1,5-8H2. The van der Waals surface area contributed by atoms with E-state index in [0.29, 0.717) is 43.9 Å². The fourth-order valence-electron chi connectivity index (χ4n) is 2.84. The number of benzene rings is 1. The van der Waals surface area contributed by atoms with Gasteiger partial charge in [0.25, 0.3) is 11.6 Å². The van der Waals surface area contributed by atoms with Crippen LogP contribution in [0.1, 0.15) is 16.8 Å². The monoisotopic (exact) mass is 349 g/mol. The van der Waals surface area contributed by atoms with Gasteiger partial charge < -0.3 is 9.80 Å². The van der Waals surface area contributed by atoms with Crippen LogP contribution in [0.15, 0.2) is 35.0 Å². The van der Waals surface area contributed by atoms with Crippen molar-refractivity contribution in [2.45, 2.75) is 6.42 Å². The van der Waals surface area contributed by atoms with Crippen LogP contribution in [-0.2, 0) is 0 Å². The molecule has 24 heavy (non-hydrogen) atoms. The molecule has 8 heteroatoms. The minimum atomic E-state index is -0.630. The molecular formula is C16H16FN3O3S. The number of amides is 1. The number of halogens is 1. The second kappa shape index (κ2) is 6.96. The second-order valence-electron chi connectivity index (χ2n) is 5.53. The van der Waals surface area contributed by atoms with Gasteiger partial charge in [-0.2, -0.15) is 11.3 Å². The Kier molecular flexibility index (Phi) is 4.75. The lowest BCUT2D eigenvalue weighted by Gasteiger charge is -2.23. The van der Waals surface area contributed by atoms with Crippen LogP contribution in [0, 0.1) is 15.9 Å². The molecule has 0 aliphatic carbocycles. The highest BCUT2D eigenvalue weighted by Crippen LogP contribution is 2.29. The molecule has 0 atom stereocenters. The maximum atomic E-state index is 13.3. The Hall–Kier alpha value is -2.48. The van der Waals surface area contributed by atoms with Crippen molar-refractivity contribution in [1.29, 1.82) is 0 Å². The summed E-state index contributed by atoms with van der Waals surface area (Å²) in [6.45, 7) is 2.13. The van der Waals surface area contributed by atoms with Crippen molar-refractivity contribution in [1.82, 2.24) is 4.90 Å². The van der Waals surface area contributed by atoms with Crippen molar-refractivity contribution in [2.75, 3.05) is 31.1 Å². The lowest BCUT2D eigenvalue weighted by atomic mass is 10.2. The van der Waals surface area contributed by atoms with E-state index in [9.17, 15) is 19.3 Å². The zero-order valence-electron chi connectivity index (χ0n) is 12.9. The summed E-state index contributed by atoms with van der Waals surface area (Å²) in [5.74, 6) is -0.652. The second-order valence-corrected chi connectivity index (χ2v) is 6.32. The van der Waals surface area contributed by atoms with E-state index in [1.807, 2.05) is 15.7 Å². The number of nitro benzene ring substituents is 1. The Morgan fingerprint density at radius 1 is 1.21 bits per heavy atom. The summed E-state index contributed by atoms with van der Waals surface area (Å²) in [5, 5.41) is 14.9. The summed E-state index contributed by atoms with van der Waals surface area (Å²) < 4.78 is 13.3. The highest BCUT2D eigenvalue weighted by atomic mass is 32.1. The molecule has 0 radical (unpaired) electrons. The summed E-state index contributed by atoms with van der Waals surface area (Å²) >= 11 is 1.47. The van der Waals surface area contributed by atoms with Crippen LogP contribution in [0.5, 0.6) is 0 Å². The van der Waals surface area contributed by atoms with Crippen molar-refractivity contribution in [3.8, 4) is 0 Å². The minimum Gasteiger partial charge on any atom is -0.364 e. The summed E-state index contributed by atoms with van der Waals surface area (Å²) in [5.41, 5.74) is 0.819. The number of thiophene rings is 1. The van der Waals surface area contributed by atoms with E-state index in [0.717, 1.165) is 6.07 Å². The SMILES string of the molecule is O=C(c1ccsc1)N1CCCN(c2ccc(F)cc2[N+](=O)[O-])CC1. The summed E-state index contributed by atoms with van der Waals surface area (Å²) in [4.78, 5) is 26.6. The van der Waals surface area contributed by atoms with Crippen molar-refractivity contribution in [2.24, 2.45) is 0 Å². The third kappa shape index (κ3) is 3.38. The molecule has 2 aromatic rings. The van der Waals surface area contributed by atoms with Gasteiger partial charge in [0.1, 0.15) is 11.5 Å². The quantitative estimate of drug-likeness (QED) is 0.631. The molecule has 1 aromatic heterocycles. The first kappa shape index (κ1) is 16.4. The first-order valence-corrected chi connectivity index (χ1v) is 8.51. The Labute approximate surface area is 142 Å². The number of carbonyl (C=O) groups is 1. The molecule has 1 aliphatic heterocycles. The van der Waals surface area contributed by atoms with E-state index in [1.165, 1.54) is 23.5 Å². The van der Waals surface area contributed by atoms with Gasteiger partial charge in [-0.25, -0.2) is 4.39 Å². The molecule has 1 aromatic carbocycles. The number of carbonyl (C=O) groups excluding carboxylic acids is 1. The van der Waals surface area contributed by atoms with Crippen molar-refractivity contribution < 1.29 is 14.1 Å². The third-order valence-corrected chi connectivity index (χ3v) is 4.71. The van der Waals surface area contributed by atoms with Gasteiger partial charge in [-0.1, -0.05) is 0 Å².